The van der Waals surface area contributed by atoms with Gasteiger partial charge in [0.2, 0.25) is 0 Å². The van der Waals surface area contributed by atoms with Crippen LogP contribution in [0.2, 0.25) is 0 Å². The van der Waals surface area contributed by atoms with Crippen LogP contribution in [-0.4, -0.2) is 6.09 Å². The van der Waals surface area contributed by atoms with Crippen molar-refractivity contribution in [1.82, 2.24) is 0 Å². The fourth-order valence-corrected chi connectivity index (χ4v) is 1.12. The number of hydrogen-bond donors (Lipinski definition) is 1. The number of carbonyl (C=O) groups is 1. The highest BCUT2D eigenvalue weighted by Crippen LogP contribution is 2.19. The Hall–Kier alpha value is -2.02. The Morgan fingerprint density at radius 1 is 1.50 bits per heavy atom. The van der Waals surface area contributed by atoms with E-state index in [1.165, 1.54) is 0 Å². The lowest BCUT2D eigenvalue weighted by Crippen LogP contribution is -2.17. The van der Waals surface area contributed by atoms with E-state index in [4.69, 9.17) is 15.7 Å². The zero-order valence-electron chi connectivity index (χ0n) is 7.51. The second-order valence-electron chi connectivity index (χ2n) is 2.70. The van der Waals surface area contributed by atoms with Gasteiger partial charge in [-0.15, -0.1) is 0 Å². The number of benzene rings is 1. The van der Waals surface area contributed by atoms with Gasteiger partial charge in [-0.25, -0.2) is 4.79 Å². The van der Waals surface area contributed by atoms with Crippen molar-refractivity contribution in [3.8, 4) is 6.07 Å². The summed E-state index contributed by atoms with van der Waals surface area (Å²) in [7, 11) is 0. The molecule has 0 heterocycles. The molecule has 2 N–H and O–H groups in total. The zero-order chi connectivity index (χ0) is 10.4. The highest BCUT2D eigenvalue weighted by atomic mass is 16.6. The molecule has 1 unspecified atom stereocenters. The summed E-state index contributed by atoms with van der Waals surface area (Å²) in [6.45, 7) is 0. The number of nitrogens with two attached hydrogens (primary N) is 1. The third kappa shape index (κ3) is 2.79. The molecule has 0 bridgehead atoms. The Labute approximate surface area is 81.9 Å². The van der Waals surface area contributed by atoms with Crippen LogP contribution >= 0.6 is 0 Å². The maximum absolute atomic E-state index is 10.5. The average molecular weight is 190 g/mol. The minimum absolute atomic E-state index is 0.104. The lowest BCUT2D eigenvalue weighted by molar-refractivity contribution is 0.109. The first-order chi connectivity index (χ1) is 6.74. The summed E-state index contributed by atoms with van der Waals surface area (Å²) in [5.74, 6) is 0. The molecule has 1 atom stereocenters. The Kier molecular flexibility index (Phi) is 3.50. The van der Waals surface area contributed by atoms with Crippen LogP contribution in [0.5, 0.6) is 0 Å². The lowest BCUT2D eigenvalue weighted by atomic mass is 10.1. The number of nitriles is 1. The number of carbonyl (C=O) groups excluding carboxylic acids is 1. The predicted octanol–water partition coefficient (Wildman–Crippen LogP) is 1.74. The van der Waals surface area contributed by atoms with Gasteiger partial charge >= 0.3 is 6.09 Å². The zero-order valence-corrected chi connectivity index (χ0v) is 7.51. The Balaban J connectivity index is 2.78. The number of amides is 1. The highest BCUT2D eigenvalue weighted by molar-refractivity contribution is 5.65. The van der Waals surface area contributed by atoms with Crippen molar-refractivity contribution in [1.29, 1.82) is 5.26 Å². The van der Waals surface area contributed by atoms with Gasteiger partial charge < -0.3 is 10.5 Å². The summed E-state index contributed by atoms with van der Waals surface area (Å²) >= 11 is 0. The molecule has 0 saturated heterocycles. The monoisotopic (exact) mass is 190 g/mol. The highest BCUT2D eigenvalue weighted by Gasteiger charge is 2.13. The smallest absolute Gasteiger partial charge is 0.405 e. The topological polar surface area (TPSA) is 76.1 Å². The minimum atomic E-state index is -0.867. The quantitative estimate of drug-likeness (QED) is 0.788. The van der Waals surface area contributed by atoms with E-state index in [1.54, 1.807) is 12.1 Å². The number of rotatable bonds is 3. The van der Waals surface area contributed by atoms with Crippen LogP contribution in [0.25, 0.3) is 0 Å². The van der Waals surface area contributed by atoms with E-state index in [0.717, 1.165) is 5.56 Å². The summed E-state index contributed by atoms with van der Waals surface area (Å²) in [4.78, 5) is 10.5. The molecule has 0 radical (unpaired) electrons. The molecule has 72 valence electrons. The van der Waals surface area contributed by atoms with Crippen LogP contribution < -0.4 is 5.73 Å². The van der Waals surface area contributed by atoms with Crippen molar-refractivity contribution < 1.29 is 9.53 Å². The molecule has 0 aliphatic heterocycles. The van der Waals surface area contributed by atoms with Crippen LogP contribution in [0.15, 0.2) is 30.3 Å². The summed E-state index contributed by atoms with van der Waals surface area (Å²) < 4.78 is 4.79. The molecule has 0 aromatic heterocycles. The molecular formula is C10H10N2O2. The van der Waals surface area contributed by atoms with Gasteiger partial charge in [0.15, 0.2) is 0 Å². The third-order valence-electron chi connectivity index (χ3n) is 1.71. The van der Waals surface area contributed by atoms with E-state index >= 15 is 0 Å². The molecule has 1 amide bonds. The molecule has 0 fully saturated rings. The molecule has 0 aliphatic rings. The standard InChI is InChI=1S/C10H10N2O2/c11-7-6-9(14-10(12)13)8-4-2-1-3-5-8/h1-5,9H,6H2,(H2,12,13). The van der Waals surface area contributed by atoms with Crippen LogP contribution in [-0.2, 0) is 4.74 Å². The van der Waals surface area contributed by atoms with Gasteiger partial charge in [-0.3, -0.25) is 0 Å². The van der Waals surface area contributed by atoms with Gasteiger partial charge in [0.1, 0.15) is 6.10 Å². The molecule has 14 heavy (non-hydrogen) atoms. The van der Waals surface area contributed by atoms with Crippen LogP contribution in [0.1, 0.15) is 18.1 Å². The Bertz CT molecular complexity index is 343. The Morgan fingerprint density at radius 3 is 2.64 bits per heavy atom. The number of primary amides is 1. The maximum atomic E-state index is 10.5. The maximum Gasteiger partial charge on any atom is 0.405 e. The third-order valence-corrected chi connectivity index (χ3v) is 1.71. The van der Waals surface area contributed by atoms with Gasteiger partial charge in [-0.2, -0.15) is 5.26 Å². The average Bonchev–Trinajstić information content (AvgIpc) is 2.18. The molecule has 0 saturated carbocycles. The van der Waals surface area contributed by atoms with Gasteiger partial charge in [0.05, 0.1) is 12.5 Å². The van der Waals surface area contributed by atoms with Gasteiger partial charge in [-0.05, 0) is 5.56 Å². The van der Waals surface area contributed by atoms with E-state index < -0.39 is 12.2 Å². The first kappa shape index (κ1) is 10.1. The number of nitrogens with zero attached hydrogens (tertiary/aromatic N) is 1. The van der Waals surface area contributed by atoms with Crippen LogP contribution in [0.4, 0.5) is 4.79 Å². The first-order valence-corrected chi connectivity index (χ1v) is 4.12. The summed E-state index contributed by atoms with van der Waals surface area (Å²) in [5, 5.41) is 8.53. The Morgan fingerprint density at radius 2 is 2.14 bits per heavy atom. The predicted molar refractivity (Wildman–Crippen MR) is 50.1 cm³/mol. The van der Waals surface area contributed by atoms with Gasteiger partial charge in [0, 0.05) is 0 Å². The molecular weight excluding hydrogens is 180 g/mol. The van der Waals surface area contributed by atoms with Crippen molar-refractivity contribution in [2.24, 2.45) is 5.73 Å². The molecule has 4 nitrogen and oxygen atoms in total. The number of ether oxygens (including phenoxy) is 1. The first-order valence-electron chi connectivity index (χ1n) is 4.12. The normalized spacial score (nSPS) is 11.4. The molecule has 4 heteroatoms. The van der Waals surface area contributed by atoms with E-state index in [1.807, 2.05) is 24.3 Å². The second kappa shape index (κ2) is 4.87. The fourth-order valence-electron chi connectivity index (χ4n) is 1.12. The summed E-state index contributed by atoms with van der Waals surface area (Å²) in [6, 6.07) is 11.0. The van der Waals surface area contributed by atoms with Crippen LogP contribution in [0, 0.1) is 11.3 Å². The summed E-state index contributed by atoms with van der Waals surface area (Å²) in [6.07, 6.45) is -1.33. The van der Waals surface area contributed by atoms with Crippen molar-refractivity contribution in [2.45, 2.75) is 12.5 Å². The van der Waals surface area contributed by atoms with Gasteiger partial charge in [0.25, 0.3) is 0 Å². The van der Waals surface area contributed by atoms with Crippen molar-refractivity contribution >= 4 is 6.09 Å². The second-order valence-corrected chi connectivity index (χ2v) is 2.70. The van der Waals surface area contributed by atoms with Crippen LogP contribution in [0.3, 0.4) is 0 Å². The van der Waals surface area contributed by atoms with E-state index in [9.17, 15) is 4.79 Å². The van der Waals surface area contributed by atoms with E-state index in [0.29, 0.717) is 0 Å². The molecule has 1 aromatic carbocycles. The van der Waals surface area contributed by atoms with Gasteiger partial charge in [-0.1, -0.05) is 30.3 Å². The SMILES string of the molecule is N#CCC(OC(N)=O)c1ccccc1. The molecule has 0 aliphatic carbocycles. The minimum Gasteiger partial charge on any atom is -0.440 e. The van der Waals surface area contributed by atoms with Crippen molar-refractivity contribution in [3.05, 3.63) is 35.9 Å². The molecule has 0 spiro atoms. The summed E-state index contributed by atoms with van der Waals surface area (Å²) in [5.41, 5.74) is 5.66. The molecule has 1 rings (SSSR count). The largest absolute Gasteiger partial charge is 0.440 e. The van der Waals surface area contributed by atoms with E-state index in [-0.39, 0.29) is 6.42 Å². The lowest BCUT2D eigenvalue weighted by Gasteiger charge is -2.13. The van der Waals surface area contributed by atoms with Crippen molar-refractivity contribution in [3.63, 3.8) is 0 Å². The number of hydrogen-bond acceptors (Lipinski definition) is 3. The van der Waals surface area contributed by atoms with Crippen molar-refractivity contribution in [2.75, 3.05) is 0 Å². The fraction of sp³-hybridized carbons (Fsp3) is 0.200. The van der Waals surface area contributed by atoms with E-state index in [2.05, 4.69) is 0 Å². The molecule has 1 aromatic rings.